The number of nitrogens with zero attached hydrogens (tertiary/aromatic N) is 1. The first kappa shape index (κ1) is 11.9. The standard InChI is InChI=1S/C13H19NOS/c1-16-9-3-5-12(15)11-7-6-10-4-2-8-14-13(10)11/h2,4,8,11-12,15H,3,5-7,9H2,1H3. The molecule has 1 aliphatic rings. The van der Waals surface area contributed by atoms with Crippen LogP contribution in [-0.4, -0.2) is 28.2 Å². The van der Waals surface area contributed by atoms with Crippen molar-refractivity contribution >= 4 is 11.8 Å². The summed E-state index contributed by atoms with van der Waals surface area (Å²) in [7, 11) is 0. The summed E-state index contributed by atoms with van der Waals surface area (Å²) in [6.07, 6.45) is 7.89. The minimum Gasteiger partial charge on any atom is -0.392 e. The zero-order valence-corrected chi connectivity index (χ0v) is 10.5. The lowest BCUT2D eigenvalue weighted by molar-refractivity contribution is 0.131. The maximum atomic E-state index is 10.2. The molecule has 0 bridgehead atoms. The molecule has 0 aromatic carbocycles. The number of aromatic nitrogens is 1. The van der Waals surface area contributed by atoms with Crippen molar-refractivity contribution in [2.45, 2.75) is 37.7 Å². The van der Waals surface area contributed by atoms with Gasteiger partial charge in [-0.15, -0.1) is 0 Å². The Balaban J connectivity index is 1.96. The molecule has 0 aliphatic heterocycles. The molecule has 0 spiro atoms. The molecule has 88 valence electrons. The zero-order chi connectivity index (χ0) is 11.4. The fraction of sp³-hybridized carbons (Fsp3) is 0.615. The molecular weight excluding hydrogens is 218 g/mol. The average Bonchev–Trinajstić information content (AvgIpc) is 2.73. The molecule has 2 nitrogen and oxygen atoms in total. The number of aryl methyl sites for hydroxylation is 1. The van der Waals surface area contributed by atoms with E-state index in [2.05, 4.69) is 17.3 Å². The van der Waals surface area contributed by atoms with Gasteiger partial charge in [0.25, 0.3) is 0 Å². The van der Waals surface area contributed by atoms with E-state index >= 15 is 0 Å². The molecule has 0 radical (unpaired) electrons. The van der Waals surface area contributed by atoms with Gasteiger partial charge in [0.1, 0.15) is 0 Å². The van der Waals surface area contributed by atoms with Crippen LogP contribution in [0.5, 0.6) is 0 Å². The predicted molar refractivity (Wildman–Crippen MR) is 68.9 cm³/mol. The largest absolute Gasteiger partial charge is 0.392 e. The van der Waals surface area contributed by atoms with Crippen molar-refractivity contribution in [1.29, 1.82) is 0 Å². The van der Waals surface area contributed by atoms with Gasteiger partial charge in [-0.2, -0.15) is 11.8 Å². The van der Waals surface area contributed by atoms with Crippen LogP contribution in [0.4, 0.5) is 0 Å². The van der Waals surface area contributed by atoms with Gasteiger partial charge in [0.05, 0.1) is 6.10 Å². The topological polar surface area (TPSA) is 33.1 Å². The molecule has 1 aromatic heterocycles. The third-order valence-corrected chi connectivity index (χ3v) is 4.01. The Labute approximate surface area is 101 Å². The first-order chi connectivity index (χ1) is 7.83. The molecule has 0 fully saturated rings. The summed E-state index contributed by atoms with van der Waals surface area (Å²) in [6.45, 7) is 0. The average molecular weight is 237 g/mol. The van der Waals surface area contributed by atoms with E-state index in [1.165, 1.54) is 5.56 Å². The predicted octanol–water partition coefficient (Wildman–Crippen LogP) is 2.62. The fourth-order valence-corrected chi connectivity index (χ4v) is 2.91. The summed E-state index contributed by atoms with van der Waals surface area (Å²) < 4.78 is 0. The van der Waals surface area contributed by atoms with Crippen LogP contribution >= 0.6 is 11.8 Å². The van der Waals surface area contributed by atoms with Crippen molar-refractivity contribution in [3.05, 3.63) is 29.6 Å². The molecule has 0 saturated heterocycles. The quantitative estimate of drug-likeness (QED) is 0.799. The Kier molecular flexibility index (Phi) is 4.24. The Morgan fingerprint density at radius 2 is 2.50 bits per heavy atom. The minimum absolute atomic E-state index is 0.205. The van der Waals surface area contributed by atoms with Gasteiger partial charge in [-0.3, -0.25) is 4.98 Å². The molecule has 1 heterocycles. The summed E-state index contributed by atoms with van der Waals surface area (Å²) in [5.41, 5.74) is 2.47. The van der Waals surface area contributed by atoms with E-state index in [-0.39, 0.29) is 12.0 Å². The third kappa shape index (κ3) is 2.58. The number of hydrogen-bond donors (Lipinski definition) is 1. The number of thioether (sulfide) groups is 1. The first-order valence-electron chi connectivity index (χ1n) is 5.93. The van der Waals surface area contributed by atoms with Crippen molar-refractivity contribution in [3.63, 3.8) is 0 Å². The monoisotopic (exact) mass is 237 g/mol. The van der Waals surface area contributed by atoms with E-state index < -0.39 is 0 Å². The van der Waals surface area contributed by atoms with Gasteiger partial charge in [0, 0.05) is 17.8 Å². The van der Waals surface area contributed by atoms with Crippen molar-refractivity contribution < 1.29 is 5.11 Å². The van der Waals surface area contributed by atoms with E-state index in [1.54, 1.807) is 0 Å². The van der Waals surface area contributed by atoms with Gasteiger partial charge >= 0.3 is 0 Å². The lowest BCUT2D eigenvalue weighted by Crippen LogP contribution is -2.17. The van der Waals surface area contributed by atoms with Crippen LogP contribution < -0.4 is 0 Å². The SMILES string of the molecule is CSCCCC(O)C1CCc2cccnc21. The number of hydrogen-bond acceptors (Lipinski definition) is 3. The Bertz CT molecular complexity index is 342. The Morgan fingerprint density at radius 3 is 3.31 bits per heavy atom. The molecule has 0 saturated carbocycles. The second-order valence-corrected chi connectivity index (χ2v) is 5.38. The highest BCUT2D eigenvalue weighted by molar-refractivity contribution is 7.98. The molecule has 2 rings (SSSR count). The van der Waals surface area contributed by atoms with Crippen LogP contribution in [0.15, 0.2) is 18.3 Å². The first-order valence-corrected chi connectivity index (χ1v) is 7.33. The number of aliphatic hydroxyl groups excluding tert-OH is 1. The summed E-state index contributed by atoms with van der Waals surface area (Å²) in [6, 6.07) is 4.12. The molecule has 16 heavy (non-hydrogen) atoms. The molecule has 1 aromatic rings. The minimum atomic E-state index is -0.205. The molecule has 3 heteroatoms. The number of fused-ring (bicyclic) bond motifs is 1. The lowest BCUT2D eigenvalue weighted by atomic mass is 9.96. The highest BCUT2D eigenvalue weighted by Crippen LogP contribution is 2.35. The number of pyridine rings is 1. The third-order valence-electron chi connectivity index (χ3n) is 3.31. The van der Waals surface area contributed by atoms with Crippen LogP contribution in [0.3, 0.4) is 0 Å². The van der Waals surface area contributed by atoms with E-state index in [1.807, 2.05) is 24.0 Å². The van der Waals surface area contributed by atoms with E-state index in [0.29, 0.717) is 0 Å². The summed E-state index contributed by atoms with van der Waals surface area (Å²) in [4.78, 5) is 4.42. The Hall–Kier alpha value is -0.540. The van der Waals surface area contributed by atoms with Crippen LogP contribution in [0.1, 0.15) is 36.4 Å². The number of rotatable bonds is 5. The summed E-state index contributed by atoms with van der Waals surface area (Å²) in [5, 5.41) is 10.2. The normalized spacial score (nSPS) is 20.8. The van der Waals surface area contributed by atoms with Crippen LogP contribution in [0, 0.1) is 0 Å². The van der Waals surface area contributed by atoms with Crippen LogP contribution in [-0.2, 0) is 6.42 Å². The van der Waals surface area contributed by atoms with E-state index in [9.17, 15) is 5.11 Å². The molecule has 1 N–H and O–H groups in total. The smallest absolute Gasteiger partial charge is 0.0624 e. The van der Waals surface area contributed by atoms with E-state index in [0.717, 1.165) is 37.1 Å². The second kappa shape index (κ2) is 5.69. The van der Waals surface area contributed by atoms with Gasteiger partial charge in [-0.1, -0.05) is 6.07 Å². The highest BCUT2D eigenvalue weighted by atomic mass is 32.2. The van der Waals surface area contributed by atoms with Crippen LogP contribution in [0.2, 0.25) is 0 Å². The Morgan fingerprint density at radius 1 is 1.62 bits per heavy atom. The molecule has 1 aliphatic carbocycles. The van der Waals surface area contributed by atoms with Crippen molar-refractivity contribution in [2.75, 3.05) is 12.0 Å². The maximum Gasteiger partial charge on any atom is 0.0624 e. The van der Waals surface area contributed by atoms with Gasteiger partial charge in [0.2, 0.25) is 0 Å². The van der Waals surface area contributed by atoms with Gasteiger partial charge in [0.15, 0.2) is 0 Å². The molecule has 0 amide bonds. The fourth-order valence-electron chi connectivity index (χ4n) is 2.46. The highest BCUT2D eigenvalue weighted by Gasteiger charge is 2.29. The van der Waals surface area contributed by atoms with E-state index in [4.69, 9.17) is 0 Å². The van der Waals surface area contributed by atoms with Crippen molar-refractivity contribution in [1.82, 2.24) is 4.98 Å². The molecule has 2 unspecified atom stereocenters. The van der Waals surface area contributed by atoms with Gasteiger partial charge in [-0.25, -0.2) is 0 Å². The summed E-state index contributed by atoms with van der Waals surface area (Å²) in [5.74, 6) is 1.41. The van der Waals surface area contributed by atoms with Gasteiger partial charge < -0.3 is 5.11 Å². The van der Waals surface area contributed by atoms with Crippen LogP contribution in [0.25, 0.3) is 0 Å². The lowest BCUT2D eigenvalue weighted by Gasteiger charge is -2.18. The van der Waals surface area contributed by atoms with Crippen molar-refractivity contribution in [2.24, 2.45) is 0 Å². The molecular formula is C13H19NOS. The summed E-state index contributed by atoms with van der Waals surface area (Å²) >= 11 is 1.85. The van der Waals surface area contributed by atoms with Crippen molar-refractivity contribution in [3.8, 4) is 0 Å². The number of aliphatic hydroxyl groups is 1. The molecule has 2 atom stereocenters. The van der Waals surface area contributed by atoms with Gasteiger partial charge in [-0.05, 0) is 49.3 Å². The maximum absolute atomic E-state index is 10.2. The second-order valence-electron chi connectivity index (χ2n) is 4.40. The zero-order valence-electron chi connectivity index (χ0n) is 9.72.